The number of benzene rings is 3. The normalized spacial score (nSPS) is 13.6. The minimum absolute atomic E-state index is 0.348. The summed E-state index contributed by atoms with van der Waals surface area (Å²) >= 11 is 0. The van der Waals surface area contributed by atoms with E-state index in [1.807, 2.05) is 49.5 Å². The second-order valence-electron chi connectivity index (χ2n) is 8.23. The minimum Gasteiger partial charge on any atom is -0.497 e. The van der Waals surface area contributed by atoms with E-state index in [-0.39, 0.29) is 11.8 Å². The third-order valence-corrected chi connectivity index (χ3v) is 6.62. The number of nitrogens with one attached hydrogen (secondary N) is 1. The van der Waals surface area contributed by atoms with Gasteiger partial charge in [0.15, 0.2) is 0 Å². The van der Waals surface area contributed by atoms with Crippen molar-refractivity contribution >= 4 is 55.4 Å². The number of rotatable bonds is 4. The zero-order valence-electron chi connectivity index (χ0n) is 17.9. The molecule has 0 unspecified atom stereocenters. The SMILES string of the molecule is COc1ccc2c(c1)c1c3c(c4c5ccccc5n(C)c4c1n2CCCN)C(=O)NC3=O. The van der Waals surface area contributed by atoms with Gasteiger partial charge in [-0.1, -0.05) is 18.2 Å². The van der Waals surface area contributed by atoms with Crippen LogP contribution in [-0.4, -0.2) is 34.6 Å². The molecule has 0 aliphatic carbocycles. The number of hydrogen-bond acceptors (Lipinski definition) is 4. The predicted octanol–water partition coefficient (Wildman–Crippen LogP) is 3.68. The van der Waals surface area contributed by atoms with E-state index in [1.54, 1.807) is 7.11 Å². The van der Waals surface area contributed by atoms with Crippen LogP contribution in [0.1, 0.15) is 27.1 Å². The van der Waals surface area contributed by atoms with E-state index in [2.05, 4.69) is 14.5 Å². The molecule has 5 aromatic rings. The number of ether oxygens (including phenoxy) is 1. The number of carbonyl (C=O) groups excluding carboxylic acids is 2. The van der Waals surface area contributed by atoms with E-state index in [0.717, 1.165) is 50.0 Å². The molecule has 0 fully saturated rings. The summed E-state index contributed by atoms with van der Waals surface area (Å²) in [7, 11) is 3.63. The second kappa shape index (κ2) is 6.58. The Hall–Kier alpha value is -3.84. The summed E-state index contributed by atoms with van der Waals surface area (Å²) in [5.41, 5.74) is 10.6. The highest BCUT2D eigenvalue weighted by atomic mass is 16.5. The molecular formula is C25H22N4O3. The largest absolute Gasteiger partial charge is 0.497 e. The molecule has 7 heteroatoms. The number of amides is 2. The van der Waals surface area contributed by atoms with Gasteiger partial charge in [-0.3, -0.25) is 14.9 Å². The van der Waals surface area contributed by atoms with Crippen LogP contribution in [0.25, 0.3) is 43.6 Å². The lowest BCUT2D eigenvalue weighted by molar-refractivity contribution is 0.0880. The Kier molecular flexibility index (Phi) is 3.88. The molecule has 0 spiro atoms. The molecule has 0 radical (unpaired) electrons. The van der Waals surface area contributed by atoms with Crippen LogP contribution < -0.4 is 15.8 Å². The summed E-state index contributed by atoms with van der Waals surface area (Å²) in [6.07, 6.45) is 0.790. The van der Waals surface area contributed by atoms with Crippen molar-refractivity contribution < 1.29 is 14.3 Å². The van der Waals surface area contributed by atoms with Crippen LogP contribution >= 0.6 is 0 Å². The predicted molar refractivity (Wildman–Crippen MR) is 125 cm³/mol. The van der Waals surface area contributed by atoms with Crippen molar-refractivity contribution in [3.8, 4) is 5.75 Å². The quantitative estimate of drug-likeness (QED) is 0.429. The van der Waals surface area contributed by atoms with Crippen molar-refractivity contribution in [2.24, 2.45) is 12.8 Å². The molecule has 0 bridgehead atoms. The van der Waals surface area contributed by atoms with Gasteiger partial charge in [-0.05, 0) is 37.2 Å². The van der Waals surface area contributed by atoms with Crippen LogP contribution in [0.2, 0.25) is 0 Å². The molecule has 0 saturated carbocycles. The number of aryl methyl sites for hydroxylation is 2. The summed E-state index contributed by atoms with van der Waals surface area (Å²) in [5, 5.41) is 5.99. The summed E-state index contributed by atoms with van der Waals surface area (Å²) in [6, 6.07) is 13.9. The lowest BCUT2D eigenvalue weighted by atomic mass is 9.96. The summed E-state index contributed by atoms with van der Waals surface area (Å²) in [6.45, 7) is 1.26. The zero-order chi connectivity index (χ0) is 22.1. The standard InChI is InChI=1S/C25H22N4O3/c1-28-16-7-4-3-6-14(16)18-20-21(25(31)27-24(20)30)19-15-12-13(32-2)8-9-17(15)29(11-5-10-26)23(19)22(18)28/h3-4,6-9,12H,5,10-11,26H2,1-2H3,(H,27,30,31). The van der Waals surface area contributed by atoms with Crippen LogP contribution in [0, 0.1) is 0 Å². The molecule has 0 atom stereocenters. The maximum Gasteiger partial charge on any atom is 0.259 e. The van der Waals surface area contributed by atoms with Crippen LogP contribution in [-0.2, 0) is 13.6 Å². The van der Waals surface area contributed by atoms with Crippen molar-refractivity contribution in [2.75, 3.05) is 13.7 Å². The number of para-hydroxylation sites is 1. The highest BCUT2D eigenvalue weighted by molar-refractivity contribution is 6.39. The second-order valence-corrected chi connectivity index (χ2v) is 8.23. The van der Waals surface area contributed by atoms with Crippen molar-refractivity contribution in [3.05, 3.63) is 53.6 Å². The molecule has 3 aromatic carbocycles. The molecule has 0 saturated heterocycles. The molecule has 1 aliphatic heterocycles. The van der Waals surface area contributed by atoms with Gasteiger partial charge in [0.2, 0.25) is 0 Å². The van der Waals surface area contributed by atoms with Crippen LogP contribution in [0.3, 0.4) is 0 Å². The number of fused-ring (bicyclic) bond motifs is 10. The molecule has 2 amide bonds. The smallest absolute Gasteiger partial charge is 0.259 e. The molecule has 7 nitrogen and oxygen atoms in total. The summed E-state index contributed by atoms with van der Waals surface area (Å²) < 4.78 is 9.84. The summed E-state index contributed by atoms with van der Waals surface area (Å²) in [4.78, 5) is 26.1. The van der Waals surface area contributed by atoms with E-state index < -0.39 is 0 Å². The van der Waals surface area contributed by atoms with Gasteiger partial charge in [-0.2, -0.15) is 0 Å². The summed E-state index contributed by atoms with van der Waals surface area (Å²) in [5.74, 6) is -0.00414. The van der Waals surface area contributed by atoms with Crippen LogP contribution in [0.15, 0.2) is 42.5 Å². The Bertz CT molecular complexity index is 1620. The first-order chi connectivity index (χ1) is 15.6. The Morgan fingerprint density at radius 2 is 1.66 bits per heavy atom. The van der Waals surface area contributed by atoms with E-state index in [4.69, 9.17) is 10.5 Å². The highest BCUT2D eigenvalue weighted by Crippen LogP contribution is 2.45. The fourth-order valence-electron chi connectivity index (χ4n) is 5.30. The number of nitrogens with zero attached hydrogens (tertiary/aromatic N) is 2. The first kappa shape index (κ1) is 18.9. The molecule has 32 heavy (non-hydrogen) atoms. The number of methoxy groups -OCH3 is 1. The third kappa shape index (κ3) is 2.23. The van der Waals surface area contributed by atoms with Gasteiger partial charge in [-0.25, -0.2) is 0 Å². The average molecular weight is 426 g/mol. The fraction of sp³-hybridized carbons (Fsp3) is 0.200. The molecule has 160 valence electrons. The molecule has 3 N–H and O–H groups in total. The van der Waals surface area contributed by atoms with Gasteiger partial charge in [0.05, 0.1) is 29.3 Å². The number of hydrogen-bond donors (Lipinski definition) is 2. The van der Waals surface area contributed by atoms with E-state index in [0.29, 0.717) is 30.0 Å². The zero-order valence-corrected chi connectivity index (χ0v) is 17.9. The lowest BCUT2D eigenvalue weighted by Crippen LogP contribution is -2.20. The Labute approximate surface area is 183 Å². The van der Waals surface area contributed by atoms with Gasteiger partial charge in [-0.15, -0.1) is 0 Å². The van der Waals surface area contributed by atoms with Crippen molar-refractivity contribution in [1.82, 2.24) is 14.5 Å². The highest BCUT2D eigenvalue weighted by Gasteiger charge is 2.36. The van der Waals surface area contributed by atoms with Crippen molar-refractivity contribution in [3.63, 3.8) is 0 Å². The Morgan fingerprint density at radius 3 is 2.38 bits per heavy atom. The van der Waals surface area contributed by atoms with Crippen molar-refractivity contribution in [2.45, 2.75) is 13.0 Å². The number of nitrogens with two attached hydrogens (primary N) is 1. The first-order valence-electron chi connectivity index (χ1n) is 10.7. The molecule has 2 aromatic heterocycles. The number of imide groups is 1. The monoisotopic (exact) mass is 426 g/mol. The molecule has 3 heterocycles. The van der Waals surface area contributed by atoms with Crippen molar-refractivity contribution in [1.29, 1.82) is 0 Å². The number of aromatic nitrogens is 2. The maximum atomic E-state index is 13.1. The van der Waals surface area contributed by atoms with Gasteiger partial charge < -0.3 is 19.6 Å². The van der Waals surface area contributed by atoms with Crippen LogP contribution in [0.4, 0.5) is 0 Å². The van der Waals surface area contributed by atoms with Gasteiger partial charge in [0.25, 0.3) is 11.8 Å². The lowest BCUT2D eigenvalue weighted by Gasteiger charge is -2.10. The van der Waals surface area contributed by atoms with Gasteiger partial charge >= 0.3 is 0 Å². The van der Waals surface area contributed by atoms with E-state index >= 15 is 0 Å². The fourth-order valence-corrected chi connectivity index (χ4v) is 5.30. The Morgan fingerprint density at radius 1 is 0.938 bits per heavy atom. The van der Waals surface area contributed by atoms with E-state index in [9.17, 15) is 9.59 Å². The first-order valence-corrected chi connectivity index (χ1v) is 10.7. The topological polar surface area (TPSA) is 91.3 Å². The molecule has 6 rings (SSSR count). The van der Waals surface area contributed by atoms with Gasteiger partial charge in [0, 0.05) is 46.2 Å². The van der Waals surface area contributed by atoms with Crippen LogP contribution in [0.5, 0.6) is 5.75 Å². The average Bonchev–Trinajstić information content (AvgIpc) is 3.39. The third-order valence-electron chi connectivity index (χ3n) is 6.62. The molecule has 1 aliphatic rings. The maximum absolute atomic E-state index is 13.1. The Balaban J connectivity index is 1.97. The van der Waals surface area contributed by atoms with Gasteiger partial charge in [0.1, 0.15) is 5.75 Å². The molecular weight excluding hydrogens is 404 g/mol. The minimum atomic E-state index is -0.356. The number of carbonyl (C=O) groups is 2. The van der Waals surface area contributed by atoms with E-state index in [1.165, 1.54) is 0 Å².